The summed E-state index contributed by atoms with van der Waals surface area (Å²) in [6.07, 6.45) is 12.4. The average molecular weight is 358 g/mol. The third-order valence-electron chi connectivity index (χ3n) is 3.35. The highest BCUT2D eigenvalue weighted by molar-refractivity contribution is 5.83. The van der Waals surface area contributed by atoms with E-state index in [2.05, 4.69) is 19.6 Å². The number of nitrogens with two attached hydrogens (primary N) is 2. The SMILES string of the molecule is CC(C)CCCCCCCC=CCC(=O)O.NC(=O)C[C@H](N)C(=O)O. The van der Waals surface area contributed by atoms with Crippen molar-refractivity contribution in [2.75, 3.05) is 0 Å². The number of amides is 1. The zero-order valence-corrected chi connectivity index (χ0v) is 15.4. The summed E-state index contributed by atoms with van der Waals surface area (Å²) in [4.78, 5) is 30.1. The van der Waals surface area contributed by atoms with Gasteiger partial charge in [-0.3, -0.25) is 14.4 Å². The Kier molecular flexibility index (Phi) is 17.2. The second kappa shape index (κ2) is 17.0. The Bertz CT molecular complexity index is 408. The fourth-order valence-electron chi connectivity index (χ4n) is 1.95. The van der Waals surface area contributed by atoms with E-state index in [1.807, 2.05) is 6.08 Å². The van der Waals surface area contributed by atoms with Gasteiger partial charge in [-0.1, -0.05) is 58.1 Å². The minimum Gasteiger partial charge on any atom is -0.481 e. The van der Waals surface area contributed by atoms with Gasteiger partial charge >= 0.3 is 11.9 Å². The zero-order chi connectivity index (χ0) is 19.7. The second-order valence-corrected chi connectivity index (χ2v) is 6.42. The van der Waals surface area contributed by atoms with Gasteiger partial charge in [0, 0.05) is 0 Å². The number of allylic oxidation sites excluding steroid dienone is 1. The number of hydrogen-bond acceptors (Lipinski definition) is 4. The Labute approximate surface area is 150 Å². The Morgan fingerprint density at radius 2 is 1.52 bits per heavy atom. The van der Waals surface area contributed by atoms with Crippen LogP contribution in [-0.2, 0) is 14.4 Å². The number of carbonyl (C=O) groups is 3. The average Bonchev–Trinajstić information content (AvgIpc) is 2.48. The molecule has 0 heterocycles. The molecule has 0 aromatic heterocycles. The van der Waals surface area contributed by atoms with E-state index in [4.69, 9.17) is 15.9 Å². The zero-order valence-electron chi connectivity index (χ0n) is 15.4. The minimum absolute atomic E-state index is 0.161. The van der Waals surface area contributed by atoms with Gasteiger partial charge in [0.1, 0.15) is 6.04 Å². The highest BCUT2D eigenvalue weighted by Gasteiger charge is 2.13. The molecule has 0 aromatic rings. The van der Waals surface area contributed by atoms with E-state index in [1.165, 1.54) is 38.5 Å². The molecule has 0 aliphatic carbocycles. The molecule has 6 N–H and O–H groups in total. The number of hydrogen-bond donors (Lipinski definition) is 4. The third-order valence-corrected chi connectivity index (χ3v) is 3.35. The first kappa shape index (κ1) is 25.4. The molecular formula is C18H34N2O5. The normalized spacial score (nSPS) is 11.8. The van der Waals surface area contributed by atoms with Crippen LogP contribution in [0.2, 0.25) is 0 Å². The molecule has 0 saturated carbocycles. The molecule has 0 aliphatic heterocycles. The number of unbranched alkanes of at least 4 members (excludes halogenated alkanes) is 5. The Morgan fingerprint density at radius 3 is 1.96 bits per heavy atom. The Hall–Kier alpha value is -1.89. The van der Waals surface area contributed by atoms with E-state index in [1.54, 1.807) is 6.08 Å². The Morgan fingerprint density at radius 1 is 0.960 bits per heavy atom. The van der Waals surface area contributed by atoms with Crippen molar-refractivity contribution >= 4 is 17.8 Å². The molecule has 0 aliphatic rings. The number of aliphatic carboxylic acids is 2. The number of carboxylic acids is 2. The first-order valence-corrected chi connectivity index (χ1v) is 8.80. The lowest BCUT2D eigenvalue weighted by Crippen LogP contribution is -2.34. The van der Waals surface area contributed by atoms with Gasteiger partial charge in [-0.25, -0.2) is 0 Å². The van der Waals surface area contributed by atoms with Crippen molar-refractivity contribution in [3.63, 3.8) is 0 Å². The van der Waals surface area contributed by atoms with Crippen molar-refractivity contribution < 1.29 is 24.6 Å². The van der Waals surface area contributed by atoms with Gasteiger partial charge in [0.05, 0.1) is 12.8 Å². The number of carboxylic acid groups (broad SMARTS) is 2. The summed E-state index contributed by atoms with van der Waals surface area (Å²) in [5.74, 6) is -1.83. The highest BCUT2D eigenvalue weighted by atomic mass is 16.4. The smallest absolute Gasteiger partial charge is 0.321 e. The van der Waals surface area contributed by atoms with Crippen molar-refractivity contribution in [1.82, 2.24) is 0 Å². The summed E-state index contributed by atoms with van der Waals surface area (Å²) in [6, 6.07) is -1.16. The molecule has 1 atom stereocenters. The molecule has 146 valence electrons. The van der Waals surface area contributed by atoms with Gasteiger partial charge in [-0.15, -0.1) is 0 Å². The van der Waals surface area contributed by atoms with Crippen LogP contribution in [0.3, 0.4) is 0 Å². The van der Waals surface area contributed by atoms with Gasteiger partial charge in [0.15, 0.2) is 0 Å². The van der Waals surface area contributed by atoms with Crippen molar-refractivity contribution in [2.24, 2.45) is 17.4 Å². The van der Waals surface area contributed by atoms with Crippen LogP contribution in [0.4, 0.5) is 0 Å². The van der Waals surface area contributed by atoms with Gasteiger partial charge in [-0.2, -0.15) is 0 Å². The van der Waals surface area contributed by atoms with Gasteiger partial charge in [0.25, 0.3) is 0 Å². The molecule has 1 amide bonds. The molecule has 0 aromatic carbocycles. The molecule has 7 nitrogen and oxygen atoms in total. The van der Waals surface area contributed by atoms with Crippen molar-refractivity contribution in [3.05, 3.63) is 12.2 Å². The standard InChI is InChI=1S/C14H26O2.C4H8N2O3/c1-13(2)11-9-7-5-3-4-6-8-10-12-14(15)16;5-2(4(8)9)1-3(6)7/h8,10,13H,3-7,9,11-12H2,1-2H3,(H,15,16);2H,1,5H2,(H2,6,7)(H,8,9)/t;2-/m.0/s1. The summed E-state index contributed by atoms with van der Waals surface area (Å²) in [5, 5.41) is 16.5. The minimum atomic E-state index is -1.21. The monoisotopic (exact) mass is 358 g/mol. The quantitative estimate of drug-likeness (QED) is 0.294. The van der Waals surface area contributed by atoms with Gasteiger partial charge < -0.3 is 21.7 Å². The van der Waals surface area contributed by atoms with Crippen LogP contribution >= 0.6 is 0 Å². The number of primary amides is 1. The van der Waals surface area contributed by atoms with E-state index in [9.17, 15) is 14.4 Å². The lowest BCUT2D eigenvalue weighted by Gasteiger charge is -2.03. The van der Waals surface area contributed by atoms with Crippen LogP contribution in [0.15, 0.2) is 12.2 Å². The third kappa shape index (κ3) is 24.5. The Balaban J connectivity index is 0. The molecule has 0 fully saturated rings. The van der Waals surface area contributed by atoms with E-state index in [-0.39, 0.29) is 12.8 Å². The molecule has 0 saturated heterocycles. The highest BCUT2D eigenvalue weighted by Crippen LogP contribution is 2.11. The fourth-order valence-corrected chi connectivity index (χ4v) is 1.95. The predicted octanol–water partition coefficient (Wildman–Crippen LogP) is 2.68. The molecule has 0 rings (SSSR count). The maximum absolute atomic E-state index is 10.2. The number of rotatable bonds is 13. The first-order chi connectivity index (χ1) is 11.7. The van der Waals surface area contributed by atoms with Crippen molar-refractivity contribution in [3.8, 4) is 0 Å². The molecule has 0 unspecified atom stereocenters. The summed E-state index contributed by atoms with van der Waals surface area (Å²) in [7, 11) is 0. The van der Waals surface area contributed by atoms with Crippen LogP contribution in [0.5, 0.6) is 0 Å². The van der Waals surface area contributed by atoms with E-state index >= 15 is 0 Å². The van der Waals surface area contributed by atoms with Crippen LogP contribution in [-0.4, -0.2) is 34.1 Å². The maximum atomic E-state index is 10.2. The lowest BCUT2D eigenvalue weighted by molar-refractivity contribution is -0.140. The molecule has 7 heteroatoms. The first-order valence-electron chi connectivity index (χ1n) is 8.80. The topological polar surface area (TPSA) is 144 Å². The van der Waals surface area contributed by atoms with E-state index < -0.39 is 23.9 Å². The summed E-state index contributed by atoms with van der Waals surface area (Å²) in [6.45, 7) is 4.54. The van der Waals surface area contributed by atoms with Crippen LogP contribution in [0, 0.1) is 5.92 Å². The lowest BCUT2D eigenvalue weighted by atomic mass is 10.0. The van der Waals surface area contributed by atoms with Crippen LogP contribution in [0.1, 0.15) is 71.6 Å². The van der Waals surface area contributed by atoms with Crippen molar-refractivity contribution in [1.29, 1.82) is 0 Å². The van der Waals surface area contributed by atoms with Crippen LogP contribution < -0.4 is 11.5 Å². The second-order valence-electron chi connectivity index (χ2n) is 6.42. The van der Waals surface area contributed by atoms with E-state index in [0.29, 0.717) is 0 Å². The molecule has 0 radical (unpaired) electrons. The van der Waals surface area contributed by atoms with E-state index in [0.717, 1.165) is 12.3 Å². The largest absolute Gasteiger partial charge is 0.481 e. The summed E-state index contributed by atoms with van der Waals surface area (Å²) >= 11 is 0. The molecule has 25 heavy (non-hydrogen) atoms. The summed E-state index contributed by atoms with van der Waals surface area (Å²) in [5.41, 5.74) is 9.57. The summed E-state index contributed by atoms with van der Waals surface area (Å²) < 4.78 is 0. The maximum Gasteiger partial charge on any atom is 0.321 e. The predicted molar refractivity (Wildman–Crippen MR) is 98.0 cm³/mol. The van der Waals surface area contributed by atoms with Gasteiger partial charge in [0.2, 0.25) is 5.91 Å². The fraction of sp³-hybridized carbons (Fsp3) is 0.722. The molecular weight excluding hydrogens is 324 g/mol. The van der Waals surface area contributed by atoms with Gasteiger partial charge in [-0.05, 0) is 18.8 Å². The van der Waals surface area contributed by atoms with Crippen LogP contribution in [0.25, 0.3) is 0 Å². The molecule has 0 bridgehead atoms. The molecule has 0 spiro atoms. The van der Waals surface area contributed by atoms with Crippen molar-refractivity contribution in [2.45, 2.75) is 77.7 Å². The number of carbonyl (C=O) groups excluding carboxylic acids is 1.